The number of nitrogens with zero attached hydrogens (tertiary/aromatic N) is 2. The Hall–Kier alpha value is -1.94. The Kier molecular flexibility index (Phi) is 3.42. The highest BCUT2D eigenvalue weighted by Gasteiger charge is 2.16. The van der Waals surface area contributed by atoms with Gasteiger partial charge < -0.3 is 10.4 Å². The van der Waals surface area contributed by atoms with Crippen LogP contribution in [0, 0.1) is 0 Å². The summed E-state index contributed by atoms with van der Waals surface area (Å²) in [6.07, 6.45) is 4.95. The van der Waals surface area contributed by atoms with Crippen molar-refractivity contribution in [2.45, 2.75) is 32.4 Å². The van der Waals surface area contributed by atoms with E-state index in [2.05, 4.69) is 15.3 Å². The second-order valence-corrected chi connectivity index (χ2v) is 4.83. The molecule has 0 fully saturated rings. The SMILES string of the molecule is OCc1ccc(CNc2ncnc3c2CCC3)cc1. The van der Waals surface area contributed by atoms with Crippen molar-refractivity contribution in [1.82, 2.24) is 9.97 Å². The van der Waals surface area contributed by atoms with Crippen LogP contribution in [-0.4, -0.2) is 15.1 Å². The first-order chi connectivity index (χ1) is 9.36. The molecular weight excluding hydrogens is 238 g/mol. The summed E-state index contributed by atoms with van der Waals surface area (Å²) in [5, 5.41) is 12.4. The molecular formula is C15H17N3O. The van der Waals surface area contributed by atoms with Gasteiger partial charge in [0.2, 0.25) is 0 Å². The van der Waals surface area contributed by atoms with E-state index in [1.165, 1.54) is 23.2 Å². The normalized spacial score (nSPS) is 13.3. The van der Waals surface area contributed by atoms with Crippen LogP contribution in [0.3, 0.4) is 0 Å². The van der Waals surface area contributed by atoms with Crippen LogP contribution in [0.25, 0.3) is 0 Å². The van der Waals surface area contributed by atoms with Crippen LogP contribution in [0.5, 0.6) is 0 Å². The Labute approximate surface area is 112 Å². The van der Waals surface area contributed by atoms with Crippen LogP contribution < -0.4 is 5.32 Å². The van der Waals surface area contributed by atoms with Crippen molar-refractivity contribution in [3.8, 4) is 0 Å². The van der Waals surface area contributed by atoms with Gasteiger partial charge in [-0.2, -0.15) is 0 Å². The predicted molar refractivity (Wildman–Crippen MR) is 73.7 cm³/mol. The van der Waals surface area contributed by atoms with Crippen LogP contribution in [0.15, 0.2) is 30.6 Å². The van der Waals surface area contributed by atoms with Crippen molar-refractivity contribution < 1.29 is 5.11 Å². The minimum Gasteiger partial charge on any atom is -0.392 e. The lowest BCUT2D eigenvalue weighted by Crippen LogP contribution is -2.05. The Morgan fingerprint density at radius 1 is 1.05 bits per heavy atom. The summed E-state index contributed by atoms with van der Waals surface area (Å²) in [5.74, 6) is 0.966. The Morgan fingerprint density at radius 3 is 2.63 bits per heavy atom. The molecule has 0 bridgehead atoms. The molecule has 0 saturated heterocycles. The zero-order chi connectivity index (χ0) is 13.1. The van der Waals surface area contributed by atoms with Crippen molar-refractivity contribution in [2.24, 2.45) is 0 Å². The Balaban J connectivity index is 1.70. The van der Waals surface area contributed by atoms with Gasteiger partial charge in [-0.1, -0.05) is 24.3 Å². The number of hydrogen-bond donors (Lipinski definition) is 2. The lowest BCUT2D eigenvalue weighted by atomic mass is 10.1. The molecule has 0 amide bonds. The Morgan fingerprint density at radius 2 is 1.84 bits per heavy atom. The standard InChI is InChI=1S/C15H17N3O/c19-9-12-6-4-11(5-7-12)8-16-15-13-2-1-3-14(13)17-10-18-15/h4-7,10,19H,1-3,8-9H2,(H,16,17,18). The molecule has 0 spiro atoms. The van der Waals surface area contributed by atoms with Crippen LogP contribution in [0.4, 0.5) is 5.82 Å². The predicted octanol–water partition coefficient (Wildman–Crippen LogP) is 2.07. The van der Waals surface area contributed by atoms with Crippen LogP contribution in [0.2, 0.25) is 0 Å². The lowest BCUT2D eigenvalue weighted by Gasteiger charge is -2.09. The van der Waals surface area contributed by atoms with Gasteiger partial charge in [0.15, 0.2) is 0 Å². The van der Waals surface area contributed by atoms with E-state index in [1.807, 2.05) is 24.3 Å². The highest BCUT2D eigenvalue weighted by Crippen LogP contribution is 2.25. The molecule has 1 aromatic carbocycles. The molecule has 1 heterocycles. The largest absolute Gasteiger partial charge is 0.392 e. The van der Waals surface area contributed by atoms with Crippen molar-refractivity contribution in [1.29, 1.82) is 0 Å². The zero-order valence-electron chi connectivity index (χ0n) is 10.8. The number of aliphatic hydroxyl groups excluding tert-OH is 1. The number of hydrogen-bond acceptors (Lipinski definition) is 4. The van der Waals surface area contributed by atoms with Crippen molar-refractivity contribution in [3.63, 3.8) is 0 Å². The molecule has 19 heavy (non-hydrogen) atoms. The van der Waals surface area contributed by atoms with E-state index < -0.39 is 0 Å². The average molecular weight is 255 g/mol. The number of aromatic nitrogens is 2. The van der Waals surface area contributed by atoms with Gasteiger partial charge in [-0.3, -0.25) is 0 Å². The third kappa shape index (κ3) is 2.58. The van der Waals surface area contributed by atoms with E-state index in [-0.39, 0.29) is 6.61 Å². The van der Waals surface area contributed by atoms with E-state index >= 15 is 0 Å². The quantitative estimate of drug-likeness (QED) is 0.878. The van der Waals surface area contributed by atoms with Gasteiger partial charge in [0, 0.05) is 17.8 Å². The highest BCUT2D eigenvalue weighted by molar-refractivity contribution is 5.48. The summed E-state index contributed by atoms with van der Waals surface area (Å²) in [6, 6.07) is 7.95. The summed E-state index contributed by atoms with van der Waals surface area (Å²) in [4.78, 5) is 8.66. The fourth-order valence-corrected chi connectivity index (χ4v) is 2.46. The number of aliphatic hydroxyl groups is 1. The van der Waals surface area contributed by atoms with Gasteiger partial charge in [0.25, 0.3) is 0 Å². The maximum absolute atomic E-state index is 9.01. The fraction of sp³-hybridized carbons (Fsp3) is 0.333. The second-order valence-electron chi connectivity index (χ2n) is 4.83. The van der Waals surface area contributed by atoms with E-state index in [1.54, 1.807) is 6.33 Å². The Bertz CT molecular complexity index is 566. The zero-order valence-corrected chi connectivity index (χ0v) is 10.8. The van der Waals surface area contributed by atoms with Crippen molar-refractivity contribution in [2.75, 3.05) is 5.32 Å². The minimum absolute atomic E-state index is 0.0904. The van der Waals surface area contributed by atoms with E-state index in [0.717, 1.165) is 30.8 Å². The number of aryl methyl sites for hydroxylation is 1. The number of rotatable bonds is 4. The molecule has 0 unspecified atom stereocenters. The van der Waals surface area contributed by atoms with E-state index in [4.69, 9.17) is 5.11 Å². The summed E-state index contributed by atoms with van der Waals surface area (Å²) in [7, 11) is 0. The summed E-state index contributed by atoms with van der Waals surface area (Å²) < 4.78 is 0. The molecule has 1 aromatic heterocycles. The first kappa shape index (κ1) is 12.1. The maximum atomic E-state index is 9.01. The number of nitrogens with one attached hydrogen (secondary N) is 1. The first-order valence-corrected chi connectivity index (χ1v) is 6.62. The summed E-state index contributed by atoms with van der Waals surface area (Å²) in [5.41, 5.74) is 4.58. The monoisotopic (exact) mass is 255 g/mol. The number of fused-ring (bicyclic) bond motifs is 1. The van der Waals surface area contributed by atoms with Crippen LogP contribution in [-0.2, 0) is 26.0 Å². The first-order valence-electron chi connectivity index (χ1n) is 6.62. The average Bonchev–Trinajstić information content (AvgIpc) is 2.94. The van der Waals surface area contributed by atoms with Crippen molar-refractivity contribution in [3.05, 3.63) is 53.0 Å². The van der Waals surface area contributed by atoms with Crippen molar-refractivity contribution >= 4 is 5.82 Å². The lowest BCUT2D eigenvalue weighted by molar-refractivity contribution is 0.282. The molecule has 1 aliphatic carbocycles. The minimum atomic E-state index is 0.0904. The maximum Gasteiger partial charge on any atom is 0.133 e. The van der Waals surface area contributed by atoms with Gasteiger partial charge >= 0.3 is 0 Å². The molecule has 1 aliphatic rings. The molecule has 98 valence electrons. The van der Waals surface area contributed by atoms with Crippen LogP contribution in [0.1, 0.15) is 28.8 Å². The van der Waals surface area contributed by atoms with E-state index in [0.29, 0.717) is 0 Å². The summed E-state index contributed by atoms with van der Waals surface area (Å²) in [6.45, 7) is 0.836. The molecule has 2 N–H and O–H groups in total. The molecule has 3 rings (SSSR count). The second kappa shape index (κ2) is 5.36. The smallest absolute Gasteiger partial charge is 0.133 e. The molecule has 0 radical (unpaired) electrons. The molecule has 0 atom stereocenters. The number of benzene rings is 1. The molecule has 0 aliphatic heterocycles. The third-order valence-electron chi connectivity index (χ3n) is 3.54. The third-order valence-corrected chi connectivity index (χ3v) is 3.54. The molecule has 2 aromatic rings. The topological polar surface area (TPSA) is 58.0 Å². The van der Waals surface area contributed by atoms with Gasteiger partial charge in [0.05, 0.1) is 6.61 Å². The molecule has 4 nitrogen and oxygen atoms in total. The van der Waals surface area contributed by atoms with Crippen LogP contribution >= 0.6 is 0 Å². The van der Waals surface area contributed by atoms with Gasteiger partial charge in [-0.15, -0.1) is 0 Å². The molecule has 4 heteroatoms. The fourth-order valence-electron chi connectivity index (χ4n) is 2.46. The number of anilines is 1. The van der Waals surface area contributed by atoms with Gasteiger partial charge in [-0.05, 0) is 30.4 Å². The summed E-state index contributed by atoms with van der Waals surface area (Å²) >= 11 is 0. The van der Waals surface area contributed by atoms with Gasteiger partial charge in [0.1, 0.15) is 12.1 Å². The highest BCUT2D eigenvalue weighted by atomic mass is 16.3. The van der Waals surface area contributed by atoms with Gasteiger partial charge in [-0.25, -0.2) is 9.97 Å². The molecule has 0 saturated carbocycles. The van der Waals surface area contributed by atoms with E-state index in [9.17, 15) is 0 Å².